The summed E-state index contributed by atoms with van der Waals surface area (Å²) >= 11 is 0. The maximum atomic E-state index is 13.2. The molecule has 0 saturated carbocycles. The second-order valence-electron chi connectivity index (χ2n) is 8.33. The Kier molecular flexibility index (Phi) is 5.69. The number of piperazine rings is 1. The average Bonchev–Trinajstić information content (AvgIpc) is 3.34. The average molecular weight is 470 g/mol. The summed E-state index contributed by atoms with van der Waals surface area (Å²) in [6.45, 7) is 3.04. The number of hydrogen-bond donors (Lipinski definition) is 2. The van der Waals surface area contributed by atoms with Gasteiger partial charge in [0, 0.05) is 49.5 Å². The molecule has 1 saturated heterocycles. The van der Waals surface area contributed by atoms with Gasteiger partial charge in [0.2, 0.25) is 0 Å². The number of benzene rings is 1. The van der Waals surface area contributed by atoms with Gasteiger partial charge in [0.25, 0.3) is 23.2 Å². The lowest BCUT2D eigenvalue weighted by molar-refractivity contribution is -0.127. The fourth-order valence-corrected chi connectivity index (χ4v) is 4.33. The van der Waals surface area contributed by atoms with E-state index in [1.165, 1.54) is 17.3 Å². The summed E-state index contributed by atoms with van der Waals surface area (Å²) in [5.41, 5.74) is 2.52. The standard InChI is InChI=1S/C25H22N6O4/c1-15-11-27-21(18-13-26-14-19(32)29-18)22-20(15)17(12-28-22)23(33)25(35)31-9-7-30(8-10-31)24(34)16-5-3-2-4-6-16/h2-6,11-14,28H,7-10H2,1H3,(H,29,32). The van der Waals surface area contributed by atoms with E-state index in [1.807, 2.05) is 18.2 Å². The van der Waals surface area contributed by atoms with Crippen LogP contribution in [0.2, 0.25) is 0 Å². The molecule has 176 valence electrons. The third kappa shape index (κ3) is 4.10. The molecule has 4 aromatic rings. The number of nitrogens with zero attached hydrogens (tertiary/aromatic N) is 4. The van der Waals surface area contributed by atoms with Gasteiger partial charge < -0.3 is 19.8 Å². The van der Waals surface area contributed by atoms with E-state index >= 15 is 0 Å². The number of nitrogens with one attached hydrogen (secondary N) is 2. The van der Waals surface area contributed by atoms with Crippen molar-refractivity contribution in [3.05, 3.63) is 82.2 Å². The Morgan fingerprint density at radius 3 is 2.37 bits per heavy atom. The zero-order chi connectivity index (χ0) is 24.5. The van der Waals surface area contributed by atoms with Crippen molar-refractivity contribution in [1.82, 2.24) is 29.7 Å². The molecule has 1 aromatic carbocycles. The lowest BCUT2D eigenvalue weighted by Gasteiger charge is -2.34. The number of rotatable bonds is 4. The number of aryl methyl sites for hydroxylation is 1. The SMILES string of the molecule is Cc1cnc(-c2cncc(=O)[nH]2)c2[nH]cc(C(=O)C(=O)N3CCN(C(=O)c4ccccc4)CC3)c12. The molecule has 2 amide bonds. The number of Topliss-reactive ketones (excluding diaryl/α,β-unsaturated/α-hetero) is 1. The summed E-state index contributed by atoms with van der Waals surface area (Å²) in [6.07, 6.45) is 5.71. The molecule has 10 heteroatoms. The number of amides is 2. The highest BCUT2D eigenvalue weighted by molar-refractivity contribution is 6.45. The predicted octanol–water partition coefficient (Wildman–Crippen LogP) is 1.79. The van der Waals surface area contributed by atoms with Gasteiger partial charge in [0.1, 0.15) is 5.69 Å². The molecule has 2 N–H and O–H groups in total. The van der Waals surface area contributed by atoms with Crippen LogP contribution in [-0.4, -0.2) is 73.5 Å². The maximum absolute atomic E-state index is 13.2. The van der Waals surface area contributed by atoms with Crippen molar-refractivity contribution in [3.8, 4) is 11.4 Å². The van der Waals surface area contributed by atoms with Crippen molar-refractivity contribution >= 4 is 28.5 Å². The van der Waals surface area contributed by atoms with E-state index in [1.54, 1.807) is 30.2 Å². The molecule has 35 heavy (non-hydrogen) atoms. The van der Waals surface area contributed by atoms with Gasteiger partial charge >= 0.3 is 0 Å². The lowest BCUT2D eigenvalue weighted by atomic mass is 10.0. The topological polar surface area (TPSA) is 132 Å². The van der Waals surface area contributed by atoms with Gasteiger partial charge in [-0.2, -0.15) is 0 Å². The summed E-state index contributed by atoms with van der Waals surface area (Å²) in [5.74, 6) is -1.35. The van der Waals surface area contributed by atoms with Gasteiger partial charge in [-0.05, 0) is 24.6 Å². The van der Waals surface area contributed by atoms with Crippen LogP contribution in [0.5, 0.6) is 0 Å². The minimum absolute atomic E-state index is 0.0928. The Morgan fingerprint density at radius 2 is 1.66 bits per heavy atom. The van der Waals surface area contributed by atoms with Crippen molar-refractivity contribution in [2.45, 2.75) is 6.92 Å². The van der Waals surface area contributed by atoms with E-state index in [4.69, 9.17) is 0 Å². The summed E-state index contributed by atoms with van der Waals surface area (Å²) < 4.78 is 0. The van der Waals surface area contributed by atoms with Crippen molar-refractivity contribution in [2.24, 2.45) is 0 Å². The Labute approximate surface area is 199 Å². The van der Waals surface area contributed by atoms with Gasteiger partial charge in [0.15, 0.2) is 0 Å². The van der Waals surface area contributed by atoms with Crippen LogP contribution >= 0.6 is 0 Å². The van der Waals surface area contributed by atoms with Crippen LogP contribution in [0.25, 0.3) is 22.3 Å². The Morgan fingerprint density at radius 1 is 0.943 bits per heavy atom. The molecule has 0 bridgehead atoms. The van der Waals surface area contributed by atoms with Crippen LogP contribution in [0.4, 0.5) is 0 Å². The van der Waals surface area contributed by atoms with E-state index in [9.17, 15) is 19.2 Å². The molecular weight excluding hydrogens is 448 g/mol. The van der Waals surface area contributed by atoms with Gasteiger partial charge in [-0.15, -0.1) is 0 Å². The summed E-state index contributed by atoms with van der Waals surface area (Å²) in [7, 11) is 0. The molecule has 10 nitrogen and oxygen atoms in total. The fraction of sp³-hybridized carbons (Fsp3) is 0.200. The van der Waals surface area contributed by atoms with Crippen LogP contribution in [0.15, 0.2) is 59.9 Å². The fourth-order valence-electron chi connectivity index (χ4n) is 4.33. The number of fused-ring (bicyclic) bond motifs is 1. The van der Waals surface area contributed by atoms with Gasteiger partial charge in [-0.25, -0.2) is 0 Å². The molecular formula is C25H22N6O4. The second-order valence-corrected chi connectivity index (χ2v) is 8.33. The molecule has 1 fully saturated rings. The minimum atomic E-state index is -0.640. The van der Waals surface area contributed by atoms with Gasteiger partial charge in [-0.1, -0.05) is 18.2 Å². The number of aromatic nitrogens is 4. The van der Waals surface area contributed by atoms with Crippen molar-refractivity contribution in [2.75, 3.05) is 26.2 Å². The van der Waals surface area contributed by atoms with E-state index in [0.717, 1.165) is 6.20 Å². The molecule has 0 aliphatic carbocycles. The Bertz CT molecular complexity index is 1500. The van der Waals surface area contributed by atoms with Crippen LogP contribution in [0.3, 0.4) is 0 Å². The highest BCUT2D eigenvalue weighted by atomic mass is 16.2. The highest BCUT2D eigenvalue weighted by Gasteiger charge is 2.30. The van der Waals surface area contributed by atoms with Gasteiger partial charge in [0.05, 0.1) is 29.2 Å². The number of hydrogen-bond acceptors (Lipinski definition) is 6. The van der Waals surface area contributed by atoms with Crippen molar-refractivity contribution in [3.63, 3.8) is 0 Å². The molecule has 1 aliphatic rings. The zero-order valence-corrected chi connectivity index (χ0v) is 18.9. The monoisotopic (exact) mass is 470 g/mol. The Hall–Kier alpha value is -4.60. The molecule has 0 spiro atoms. The van der Waals surface area contributed by atoms with Crippen LogP contribution in [0.1, 0.15) is 26.3 Å². The number of pyridine rings is 1. The first-order valence-electron chi connectivity index (χ1n) is 11.1. The van der Waals surface area contributed by atoms with Crippen LogP contribution in [-0.2, 0) is 4.79 Å². The number of H-pyrrole nitrogens is 2. The summed E-state index contributed by atoms with van der Waals surface area (Å²) in [5, 5.41) is 0.566. The van der Waals surface area contributed by atoms with E-state index in [2.05, 4.69) is 19.9 Å². The van der Waals surface area contributed by atoms with E-state index in [0.29, 0.717) is 46.5 Å². The minimum Gasteiger partial charge on any atom is -0.359 e. The van der Waals surface area contributed by atoms with E-state index in [-0.39, 0.29) is 30.1 Å². The molecule has 0 atom stereocenters. The molecule has 1 aliphatic heterocycles. The molecule has 0 unspecified atom stereocenters. The van der Waals surface area contributed by atoms with Crippen LogP contribution in [0, 0.1) is 6.92 Å². The summed E-state index contributed by atoms with van der Waals surface area (Å²) in [4.78, 5) is 67.9. The first kappa shape index (κ1) is 22.2. The highest BCUT2D eigenvalue weighted by Crippen LogP contribution is 2.29. The largest absolute Gasteiger partial charge is 0.359 e. The Balaban J connectivity index is 1.36. The van der Waals surface area contributed by atoms with E-state index < -0.39 is 11.7 Å². The lowest BCUT2D eigenvalue weighted by Crippen LogP contribution is -2.52. The van der Waals surface area contributed by atoms with Crippen molar-refractivity contribution in [1.29, 1.82) is 0 Å². The third-order valence-corrected chi connectivity index (χ3v) is 6.12. The number of aromatic amines is 2. The number of ketones is 1. The predicted molar refractivity (Wildman–Crippen MR) is 128 cm³/mol. The smallest absolute Gasteiger partial charge is 0.295 e. The third-order valence-electron chi connectivity index (χ3n) is 6.12. The summed E-state index contributed by atoms with van der Waals surface area (Å²) in [6, 6.07) is 8.98. The molecule has 0 radical (unpaired) electrons. The molecule has 3 aromatic heterocycles. The molecule has 5 rings (SSSR count). The zero-order valence-electron chi connectivity index (χ0n) is 18.9. The first-order chi connectivity index (χ1) is 16.9. The number of carbonyl (C=O) groups excluding carboxylic acids is 3. The van der Waals surface area contributed by atoms with Crippen LogP contribution < -0.4 is 5.56 Å². The normalized spacial score (nSPS) is 13.7. The number of carbonyl (C=O) groups is 3. The van der Waals surface area contributed by atoms with Gasteiger partial charge in [-0.3, -0.25) is 29.1 Å². The quantitative estimate of drug-likeness (QED) is 0.345. The molecule has 4 heterocycles. The van der Waals surface area contributed by atoms with Crippen molar-refractivity contribution < 1.29 is 14.4 Å². The second kappa shape index (κ2) is 8.98. The first-order valence-corrected chi connectivity index (χ1v) is 11.1. The maximum Gasteiger partial charge on any atom is 0.295 e.